The van der Waals surface area contributed by atoms with E-state index in [4.69, 9.17) is 0 Å². The van der Waals surface area contributed by atoms with Gasteiger partial charge in [-0.05, 0) is 53.6 Å². The van der Waals surface area contributed by atoms with Crippen LogP contribution >= 0.6 is 11.3 Å². The van der Waals surface area contributed by atoms with Crippen LogP contribution in [0.15, 0.2) is 60.2 Å². The van der Waals surface area contributed by atoms with Crippen LogP contribution in [0.4, 0.5) is 0 Å². The maximum absolute atomic E-state index is 4.24. The SMILES string of the molecule is Cc1ccc(CN(Cc2cccnc2)Cc2cccs2)cc1C. The summed E-state index contributed by atoms with van der Waals surface area (Å²) in [4.78, 5) is 8.12. The molecule has 0 fully saturated rings. The molecule has 2 aromatic heterocycles. The van der Waals surface area contributed by atoms with Crippen molar-refractivity contribution in [3.63, 3.8) is 0 Å². The summed E-state index contributed by atoms with van der Waals surface area (Å²) in [5.74, 6) is 0. The summed E-state index contributed by atoms with van der Waals surface area (Å²) in [7, 11) is 0. The maximum Gasteiger partial charge on any atom is 0.0335 e. The van der Waals surface area contributed by atoms with Crippen LogP contribution in [0, 0.1) is 13.8 Å². The van der Waals surface area contributed by atoms with Crippen molar-refractivity contribution in [1.29, 1.82) is 0 Å². The van der Waals surface area contributed by atoms with Crippen molar-refractivity contribution in [1.82, 2.24) is 9.88 Å². The molecule has 23 heavy (non-hydrogen) atoms. The Kier molecular flexibility index (Phi) is 5.21. The molecule has 0 spiro atoms. The van der Waals surface area contributed by atoms with Gasteiger partial charge in [0.05, 0.1) is 0 Å². The molecule has 0 saturated carbocycles. The first kappa shape index (κ1) is 15.9. The Bertz CT molecular complexity index is 736. The van der Waals surface area contributed by atoms with E-state index in [0.29, 0.717) is 0 Å². The molecule has 3 heteroatoms. The normalized spacial score (nSPS) is 11.1. The van der Waals surface area contributed by atoms with Crippen molar-refractivity contribution in [2.24, 2.45) is 0 Å². The van der Waals surface area contributed by atoms with Gasteiger partial charge in [-0.3, -0.25) is 9.88 Å². The van der Waals surface area contributed by atoms with E-state index in [0.717, 1.165) is 19.6 Å². The zero-order valence-electron chi connectivity index (χ0n) is 13.7. The van der Waals surface area contributed by atoms with E-state index < -0.39 is 0 Å². The Labute approximate surface area is 142 Å². The fraction of sp³-hybridized carbons (Fsp3) is 0.250. The van der Waals surface area contributed by atoms with Crippen LogP contribution < -0.4 is 0 Å². The molecular formula is C20H22N2S. The van der Waals surface area contributed by atoms with Gasteiger partial charge in [-0.15, -0.1) is 11.3 Å². The lowest BCUT2D eigenvalue weighted by molar-refractivity contribution is 0.249. The molecule has 2 heterocycles. The Morgan fingerprint density at radius 2 is 1.78 bits per heavy atom. The molecule has 0 N–H and O–H groups in total. The highest BCUT2D eigenvalue weighted by Crippen LogP contribution is 2.18. The van der Waals surface area contributed by atoms with E-state index in [2.05, 4.69) is 65.5 Å². The van der Waals surface area contributed by atoms with Gasteiger partial charge < -0.3 is 0 Å². The molecule has 0 atom stereocenters. The van der Waals surface area contributed by atoms with Crippen LogP contribution in [-0.4, -0.2) is 9.88 Å². The summed E-state index contributed by atoms with van der Waals surface area (Å²) in [6.45, 7) is 7.19. The van der Waals surface area contributed by atoms with Crippen molar-refractivity contribution >= 4 is 11.3 Å². The maximum atomic E-state index is 4.24. The van der Waals surface area contributed by atoms with E-state index in [9.17, 15) is 0 Å². The molecule has 0 amide bonds. The fourth-order valence-corrected chi connectivity index (χ4v) is 3.45. The largest absolute Gasteiger partial charge is 0.290 e. The topological polar surface area (TPSA) is 16.1 Å². The number of aromatic nitrogens is 1. The second-order valence-electron chi connectivity index (χ2n) is 6.00. The minimum Gasteiger partial charge on any atom is -0.290 e. The van der Waals surface area contributed by atoms with Gasteiger partial charge in [0.15, 0.2) is 0 Å². The van der Waals surface area contributed by atoms with Crippen molar-refractivity contribution in [2.75, 3.05) is 0 Å². The van der Waals surface area contributed by atoms with Gasteiger partial charge >= 0.3 is 0 Å². The molecule has 0 aliphatic heterocycles. The summed E-state index contributed by atoms with van der Waals surface area (Å²) >= 11 is 1.82. The number of pyridine rings is 1. The summed E-state index contributed by atoms with van der Waals surface area (Å²) in [6.07, 6.45) is 3.79. The van der Waals surface area contributed by atoms with E-state index >= 15 is 0 Å². The number of rotatable bonds is 6. The van der Waals surface area contributed by atoms with Crippen LogP contribution in [-0.2, 0) is 19.6 Å². The first-order chi connectivity index (χ1) is 11.2. The van der Waals surface area contributed by atoms with Crippen molar-refractivity contribution in [3.8, 4) is 0 Å². The van der Waals surface area contributed by atoms with E-state index in [-0.39, 0.29) is 0 Å². The van der Waals surface area contributed by atoms with Crippen LogP contribution in [0.1, 0.15) is 27.1 Å². The number of benzene rings is 1. The minimum absolute atomic E-state index is 0.915. The molecule has 3 rings (SSSR count). The average molecular weight is 322 g/mol. The molecule has 0 bridgehead atoms. The number of hydrogen-bond donors (Lipinski definition) is 0. The summed E-state index contributed by atoms with van der Waals surface area (Å²) in [5, 5.41) is 2.15. The first-order valence-electron chi connectivity index (χ1n) is 7.90. The smallest absolute Gasteiger partial charge is 0.0335 e. The van der Waals surface area contributed by atoms with Gasteiger partial charge in [-0.2, -0.15) is 0 Å². The molecule has 118 valence electrons. The highest BCUT2D eigenvalue weighted by molar-refractivity contribution is 7.09. The van der Waals surface area contributed by atoms with Gasteiger partial charge in [0.2, 0.25) is 0 Å². The number of aryl methyl sites for hydroxylation is 2. The highest BCUT2D eigenvalue weighted by Gasteiger charge is 2.10. The number of nitrogens with zero attached hydrogens (tertiary/aromatic N) is 2. The van der Waals surface area contributed by atoms with Gasteiger partial charge in [0.25, 0.3) is 0 Å². The molecule has 0 saturated heterocycles. The van der Waals surface area contributed by atoms with Gasteiger partial charge in [0.1, 0.15) is 0 Å². The quantitative estimate of drug-likeness (QED) is 0.637. The van der Waals surface area contributed by atoms with Crippen LogP contribution in [0.3, 0.4) is 0 Å². The second kappa shape index (κ2) is 7.53. The van der Waals surface area contributed by atoms with E-state index in [1.807, 2.05) is 29.8 Å². The van der Waals surface area contributed by atoms with Gasteiger partial charge in [0, 0.05) is 36.9 Å². The second-order valence-corrected chi connectivity index (χ2v) is 7.04. The molecular weight excluding hydrogens is 300 g/mol. The van der Waals surface area contributed by atoms with Crippen LogP contribution in [0.2, 0.25) is 0 Å². The summed E-state index contributed by atoms with van der Waals surface area (Å²) in [5.41, 5.74) is 5.34. The van der Waals surface area contributed by atoms with Crippen molar-refractivity contribution < 1.29 is 0 Å². The Morgan fingerprint density at radius 3 is 2.48 bits per heavy atom. The molecule has 0 aliphatic rings. The third kappa shape index (κ3) is 4.50. The van der Waals surface area contributed by atoms with Crippen molar-refractivity contribution in [3.05, 3.63) is 87.4 Å². The average Bonchev–Trinajstić information content (AvgIpc) is 3.05. The van der Waals surface area contributed by atoms with E-state index in [1.54, 1.807) is 0 Å². The van der Waals surface area contributed by atoms with Crippen LogP contribution in [0.25, 0.3) is 0 Å². The molecule has 0 aliphatic carbocycles. The third-order valence-electron chi connectivity index (χ3n) is 4.07. The minimum atomic E-state index is 0.915. The predicted molar refractivity (Wildman–Crippen MR) is 97.4 cm³/mol. The Morgan fingerprint density at radius 1 is 0.913 bits per heavy atom. The molecule has 3 aromatic rings. The lowest BCUT2D eigenvalue weighted by Crippen LogP contribution is -2.22. The standard InChI is InChI=1S/C20H22N2S/c1-16-7-8-18(11-17(16)2)13-22(15-20-6-4-10-23-20)14-19-5-3-9-21-12-19/h3-12H,13-15H2,1-2H3. The van der Waals surface area contributed by atoms with E-state index in [1.165, 1.54) is 27.1 Å². The van der Waals surface area contributed by atoms with Crippen LogP contribution in [0.5, 0.6) is 0 Å². The lowest BCUT2D eigenvalue weighted by Gasteiger charge is -2.22. The van der Waals surface area contributed by atoms with Gasteiger partial charge in [-0.25, -0.2) is 0 Å². The molecule has 2 nitrogen and oxygen atoms in total. The highest BCUT2D eigenvalue weighted by atomic mass is 32.1. The van der Waals surface area contributed by atoms with Gasteiger partial charge in [-0.1, -0.05) is 30.3 Å². The monoisotopic (exact) mass is 322 g/mol. The zero-order valence-corrected chi connectivity index (χ0v) is 14.5. The Hall–Kier alpha value is -1.97. The fourth-order valence-electron chi connectivity index (χ4n) is 2.70. The lowest BCUT2D eigenvalue weighted by atomic mass is 10.1. The molecule has 1 aromatic carbocycles. The number of hydrogen-bond acceptors (Lipinski definition) is 3. The predicted octanol–water partition coefficient (Wildman–Crippen LogP) is 4.96. The first-order valence-corrected chi connectivity index (χ1v) is 8.78. The summed E-state index contributed by atoms with van der Waals surface area (Å²) < 4.78 is 0. The molecule has 0 radical (unpaired) electrons. The molecule has 0 unspecified atom stereocenters. The number of thiophene rings is 1. The summed E-state index contributed by atoms with van der Waals surface area (Å²) in [6, 6.07) is 15.3. The Balaban J connectivity index is 1.77. The van der Waals surface area contributed by atoms with Crippen molar-refractivity contribution in [2.45, 2.75) is 33.5 Å². The third-order valence-corrected chi connectivity index (χ3v) is 4.93. The zero-order chi connectivity index (χ0) is 16.1.